The predicted octanol–water partition coefficient (Wildman–Crippen LogP) is 2.73. The topological polar surface area (TPSA) is 46.3 Å². The van der Waals surface area contributed by atoms with Gasteiger partial charge in [-0.15, -0.1) is 11.3 Å². The third-order valence-corrected chi connectivity index (χ3v) is 3.66. The van der Waals surface area contributed by atoms with E-state index in [9.17, 15) is 4.79 Å². The number of rotatable bonds is 5. The van der Waals surface area contributed by atoms with Gasteiger partial charge >= 0.3 is 0 Å². The Morgan fingerprint density at radius 3 is 2.65 bits per heavy atom. The minimum atomic E-state index is -0.407. The van der Waals surface area contributed by atoms with Crippen LogP contribution in [0.25, 0.3) is 0 Å². The van der Waals surface area contributed by atoms with E-state index in [0.717, 1.165) is 9.21 Å². The van der Waals surface area contributed by atoms with Crippen LogP contribution in [0.3, 0.4) is 0 Å². The van der Waals surface area contributed by atoms with Gasteiger partial charge in [-0.3, -0.25) is 4.79 Å². The largest absolute Gasteiger partial charge is 0.339 e. The SMILES string of the molecule is CC(C)CC(N)C(=O)N(C)Cc1ccc(Cl)s1. The van der Waals surface area contributed by atoms with Crippen LogP contribution in [0.4, 0.5) is 0 Å². The minimum absolute atomic E-state index is 0.0109. The van der Waals surface area contributed by atoms with Gasteiger partial charge in [-0.1, -0.05) is 25.4 Å². The Kier molecular flexibility index (Phi) is 5.43. The lowest BCUT2D eigenvalue weighted by Gasteiger charge is -2.21. The normalized spacial score (nSPS) is 12.8. The highest BCUT2D eigenvalue weighted by molar-refractivity contribution is 7.16. The van der Waals surface area contributed by atoms with Crippen molar-refractivity contribution in [1.29, 1.82) is 0 Å². The zero-order valence-electron chi connectivity index (χ0n) is 10.4. The number of nitrogens with zero attached hydrogens (tertiary/aromatic N) is 1. The smallest absolute Gasteiger partial charge is 0.239 e. The molecule has 1 aromatic heterocycles. The van der Waals surface area contributed by atoms with Crippen LogP contribution < -0.4 is 5.73 Å². The van der Waals surface area contributed by atoms with Gasteiger partial charge in [0, 0.05) is 11.9 Å². The number of halogens is 1. The molecule has 1 aromatic rings. The number of likely N-dealkylation sites (N-methyl/N-ethyl adjacent to an activating group) is 1. The molecule has 3 nitrogen and oxygen atoms in total. The Morgan fingerprint density at radius 2 is 2.18 bits per heavy atom. The second-order valence-electron chi connectivity index (χ2n) is 4.64. The van der Waals surface area contributed by atoms with Crippen molar-refractivity contribution in [2.75, 3.05) is 7.05 Å². The maximum Gasteiger partial charge on any atom is 0.239 e. The summed E-state index contributed by atoms with van der Waals surface area (Å²) < 4.78 is 0.743. The van der Waals surface area contributed by atoms with Crippen molar-refractivity contribution < 1.29 is 4.79 Å². The predicted molar refractivity (Wildman–Crippen MR) is 73.2 cm³/mol. The first-order valence-corrected chi connectivity index (χ1v) is 6.84. The summed E-state index contributed by atoms with van der Waals surface area (Å²) in [7, 11) is 1.77. The zero-order chi connectivity index (χ0) is 13.0. The Bertz CT molecular complexity index is 378. The number of hydrogen-bond acceptors (Lipinski definition) is 3. The lowest BCUT2D eigenvalue weighted by atomic mass is 10.0. The number of carbonyl (C=O) groups excluding carboxylic acids is 1. The van der Waals surface area contributed by atoms with Crippen molar-refractivity contribution in [2.24, 2.45) is 11.7 Å². The first-order chi connectivity index (χ1) is 7.90. The molecule has 1 rings (SSSR count). The number of nitrogens with two attached hydrogens (primary N) is 1. The summed E-state index contributed by atoms with van der Waals surface area (Å²) in [6, 6.07) is 3.37. The summed E-state index contributed by atoms with van der Waals surface area (Å²) in [6.07, 6.45) is 0.717. The highest BCUT2D eigenvalue weighted by Crippen LogP contribution is 2.22. The van der Waals surface area contributed by atoms with Gasteiger partial charge in [0.2, 0.25) is 5.91 Å². The van der Waals surface area contributed by atoms with Crippen LogP contribution in [0.5, 0.6) is 0 Å². The van der Waals surface area contributed by atoms with E-state index < -0.39 is 6.04 Å². The van der Waals surface area contributed by atoms with Crippen molar-refractivity contribution in [2.45, 2.75) is 32.9 Å². The summed E-state index contributed by atoms with van der Waals surface area (Å²) in [6.45, 7) is 4.69. The third-order valence-electron chi connectivity index (χ3n) is 2.44. The highest BCUT2D eigenvalue weighted by atomic mass is 35.5. The summed E-state index contributed by atoms with van der Waals surface area (Å²) in [5, 5.41) is 0. The van der Waals surface area contributed by atoms with Gasteiger partial charge in [0.25, 0.3) is 0 Å². The molecule has 0 saturated heterocycles. The van der Waals surface area contributed by atoms with Gasteiger partial charge < -0.3 is 10.6 Å². The number of amides is 1. The van der Waals surface area contributed by atoms with Gasteiger partial charge in [0.15, 0.2) is 0 Å². The van der Waals surface area contributed by atoms with E-state index in [1.807, 2.05) is 12.1 Å². The highest BCUT2D eigenvalue weighted by Gasteiger charge is 2.19. The van der Waals surface area contributed by atoms with E-state index in [4.69, 9.17) is 17.3 Å². The zero-order valence-corrected chi connectivity index (χ0v) is 12.0. The summed E-state index contributed by atoms with van der Waals surface area (Å²) in [5.41, 5.74) is 5.86. The molecule has 1 unspecified atom stereocenters. The van der Waals surface area contributed by atoms with Crippen LogP contribution in [0.2, 0.25) is 4.34 Å². The van der Waals surface area contributed by atoms with E-state index in [1.54, 1.807) is 11.9 Å². The van der Waals surface area contributed by atoms with Gasteiger partial charge in [-0.05, 0) is 24.5 Å². The standard InChI is InChI=1S/C12H19ClN2OS/c1-8(2)6-10(14)12(16)15(3)7-9-4-5-11(13)17-9/h4-5,8,10H,6-7,14H2,1-3H3. The Balaban J connectivity index is 2.52. The second kappa shape index (κ2) is 6.38. The van der Waals surface area contributed by atoms with Crippen LogP contribution in [-0.4, -0.2) is 23.9 Å². The lowest BCUT2D eigenvalue weighted by molar-refractivity contribution is -0.132. The molecule has 1 amide bonds. The van der Waals surface area contributed by atoms with Crippen molar-refractivity contribution in [3.8, 4) is 0 Å². The second-order valence-corrected chi connectivity index (χ2v) is 6.44. The van der Waals surface area contributed by atoms with Crippen LogP contribution in [0, 0.1) is 5.92 Å². The molecule has 2 N–H and O–H groups in total. The minimum Gasteiger partial charge on any atom is -0.339 e. The molecule has 0 saturated carbocycles. The monoisotopic (exact) mass is 274 g/mol. The third kappa shape index (κ3) is 4.66. The van der Waals surface area contributed by atoms with Crippen molar-refractivity contribution in [3.05, 3.63) is 21.3 Å². The summed E-state index contributed by atoms with van der Waals surface area (Å²) in [5.74, 6) is 0.418. The van der Waals surface area contributed by atoms with E-state index in [1.165, 1.54) is 11.3 Å². The molecule has 1 atom stereocenters. The van der Waals surface area contributed by atoms with Gasteiger partial charge in [-0.2, -0.15) is 0 Å². The first kappa shape index (κ1) is 14.5. The molecule has 0 aliphatic carbocycles. The molecule has 0 spiro atoms. The summed E-state index contributed by atoms with van der Waals surface area (Å²) >= 11 is 7.34. The quantitative estimate of drug-likeness (QED) is 0.897. The molecular weight excluding hydrogens is 256 g/mol. The van der Waals surface area contributed by atoms with Gasteiger partial charge in [0.05, 0.1) is 16.9 Å². The summed E-state index contributed by atoms with van der Waals surface area (Å²) in [4.78, 5) is 14.7. The fraction of sp³-hybridized carbons (Fsp3) is 0.583. The van der Waals surface area contributed by atoms with Crippen LogP contribution in [-0.2, 0) is 11.3 Å². The maximum atomic E-state index is 12.0. The molecule has 0 aromatic carbocycles. The van der Waals surface area contributed by atoms with E-state index in [0.29, 0.717) is 18.9 Å². The van der Waals surface area contributed by atoms with Crippen LogP contribution in [0.15, 0.2) is 12.1 Å². The van der Waals surface area contributed by atoms with Crippen molar-refractivity contribution in [1.82, 2.24) is 4.90 Å². The first-order valence-electron chi connectivity index (χ1n) is 5.65. The average molecular weight is 275 g/mol. The van der Waals surface area contributed by atoms with Crippen LogP contribution >= 0.6 is 22.9 Å². The van der Waals surface area contributed by atoms with Crippen molar-refractivity contribution >= 4 is 28.8 Å². The maximum absolute atomic E-state index is 12.0. The Hall–Kier alpha value is -0.580. The van der Waals surface area contributed by atoms with Crippen molar-refractivity contribution in [3.63, 3.8) is 0 Å². The molecule has 1 heterocycles. The number of thiophene rings is 1. The molecule has 0 aliphatic heterocycles. The molecular formula is C12H19ClN2OS. The fourth-order valence-corrected chi connectivity index (χ4v) is 2.78. The average Bonchev–Trinajstić information content (AvgIpc) is 2.61. The number of hydrogen-bond donors (Lipinski definition) is 1. The Morgan fingerprint density at radius 1 is 1.53 bits per heavy atom. The molecule has 0 radical (unpaired) electrons. The molecule has 96 valence electrons. The fourth-order valence-electron chi connectivity index (χ4n) is 1.64. The molecule has 0 bridgehead atoms. The molecule has 5 heteroatoms. The van der Waals surface area contributed by atoms with E-state index in [-0.39, 0.29) is 5.91 Å². The molecule has 17 heavy (non-hydrogen) atoms. The Labute approximate surface area is 112 Å². The van der Waals surface area contributed by atoms with E-state index >= 15 is 0 Å². The van der Waals surface area contributed by atoms with Gasteiger partial charge in [0.1, 0.15) is 0 Å². The number of carbonyl (C=O) groups is 1. The lowest BCUT2D eigenvalue weighted by Crippen LogP contribution is -2.42. The molecule has 0 aliphatic rings. The van der Waals surface area contributed by atoms with E-state index in [2.05, 4.69) is 13.8 Å². The van der Waals surface area contributed by atoms with Crippen LogP contribution in [0.1, 0.15) is 25.1 Å². The molecule has 0 fully saturated rings. The van der Waals surface area contributed by atoms with Gasteiger partial charge in [-0.25, -0.2) is 0 Å².